The Kier molecular flexibility index (Phi) is 7.03. The fraction of sp³-hybridized carbons (Fsp3) is 0.818. The first-order chi connectivity index (χ1) is 7.92. The van der Waals surface area contributed by atoms with E-state index in [1.165, 1.54) is 0 Å². The molecule has 0 saturated heterocycles. The molecule has 5 nitrogen and oxygen atoms in total. The molecule has 0 aromatic carbocycles. The molecule has 17 heavy (non-hydrogen) atoms. The molecule has 0 bridgehead atoms. The van der Waals surface area contributed by atoms with Gasteiger partial charge in [-0.25, -0.2) is 0 Å². The van der Waals surface area contributed by atoms with Crippen LogP contribution >= 0.6 is 11.8 Å². The number of oxime groups is 1. The van der Waals surface area contributed by atoms with Crippen molar-refractivity contribution < 1.29 is 10.0 Å². The smallest absolute Gasteiger partial charge is 0.233 e. The van der Waals surface area contributed by atoms with Crippen LogP contribution in [-0.4, -0.2) is 35.0 Å². The third-order valence-corrected chi connectivity index (χ3v) is 3.66. The molecular weight excluding hydrogens is 238 g/mol. The van der Waals surface area contributed by atoms with E-state index in [0.29, 0.717) is 6.42 Å². The second-order valence-corrected chi connectivity index (χ2v) is 5.31. The maximum absolute atomic E-state index is 12.1. The van der Waals surface area contributed by atoms with E-state index in [0.717, 1.165) is 12.2 Å². The van der Waals surface area contributed by atoms with E-state index in [2.05, 4.69) is 10.5 Å². The van der Waals surface area contributed by atoms with E-state index >= 15 is 0 Å². The van der Waals surface area contributed by atoms with E-state index in [4.69, 9.17) is 10.9 Å². The third-order valence-electron chi connectivity index (χ3n) is 3.01. The SMILES string of the molecule is CCC(C)(C(=O)NC(C)CCSC)C(N)=NO. The van der Waals surface area contributed by atoms with Crippen molar-refractivity contribution in [1.29, 1.82) is 0 Å². The molecule has 0 saturated carbocycles. The molecule has 100 valence electrons. The first-order valence-corrected chi connectivity index (χ1v) is 7.09. The summed E-state index contributed by atoms with van der Waals surface area (Å²) in [6.45, 7) is 5.47. The van der Waals surface area contributed by atoms with Crippen molar-refractivity contribution in [3.05, 3.63) is 0 Å². The number of rotatable bonds is 7. The summed E-state index contributed by atoms with van der Waals surface area (Å²) >= 11 is 1.74. The van der Waals surface area contributed by atoms with Crippen LogP contribution in [0.4, 0.5) is 0 Å². The Morgan fingerprint density at radius 2 is 2.24 bits per heavy atom. The second-order valence-electron chi connectivity index (χ2n) is 4.33. The van der Waals surface area contributed by atoms with Crippen molar-refractivity contribution in [3.63, 3.8) is 0 Å². The summed E-state index contributed by atoms with van der Waals surface area (Å²) in [7, 11) is 0. The molecule has 0 aliphatic heterocycles. The van der Waals surface area contributed by atoms with E-state index in [-0.39, 0.29) is 17.8 Å². The summed E-state index contributed by atoms with van der Waals surface area (Å²) in [6, 6.07) is 0.0901. The number of amides is 1. The Hall–Kier alpha value is -0.910. The van der Waals surface area contributed by atoms with Crippen LogP contribution in [0.15, 0.2) is 5.16 Å². The third kappa shape index (κ3) is 4.46. The number of nitrogens with one attached hydrogen (secondary N) is 1. The van der Waals surface area contributed by atoms with Gasteiger partial charge in [-0.1, -0.05) is 12.1 Å². The molecule has 0 aliphatic rings. The van der Waals surface area contributed by atoms with Crippen molar-refractivity contribution >= 4 is 23.5 Å². The molecular formula is C11H23N3O2S. The fourth-order valence-corrected chi connectivity index (χ4v) is 1.91. The lowest BCUT2D eigenvalue weighted by molar-refractivity contribution is -0.127. The van der Waals surface area contributed by atoms with Gasteiger partial charge in [0, 0.05) is 6.04 Å². The standard InChI is InChI=1S/C11H23N3O2S/c1-5-11(3,9(12)14-16)10(15)13-8(2)6-7-17-4/h8,16H,5-7H2,1-4H3,(H2,12,14)(H,13,15). The van der Waals surface area contributed by atoms with Gasteiger partial charge in [0.05, 0.1) is 0 Å². The highest BCUT2D eigenvalue weighted by Crippen LogP contribution is 2.22. The minimum absolute atomic E-state index is 0.0467. The number of carbonyl (C=O) groups excluding carboxylic acids is 1. The molecule has 2 atom stereocenters. The van der Waals surface area contributed by atoms with E-state index < -0.39 is 5.41 Å². The Bertz CT molecular complexity index is 284. The Morgan fingerprint density at radius 1 is 1.65 bits per heavy atom. The molecule has 2 unspecified atom stereocenters. The molecule has 4 N–H and O–H groups in total. The summed E-state index contributed by atoms with van der Waals surface area (Å²) in [6.07, 6.45) is 3.42. The zero-order valence-corrected chi connectivity index (χ0v) is 11.8. The Balaban J connectivity index is 4.56. The van der Waals surface area contributed by atoms with Crippen molar-refractivity contribution in [1.82, 2.24) is 5.32 Å². The molecule has 6 heteroatoms. The largest absolute Gasteiger partial charge is 0.409 e. The Labute approximate surface area is 107 Å². The topological polar surface area (TPSA) is 87.7 Å². The fourth-order valence-electron chi connectivity index (χ4n) is 1.32. The Morgan fingerprint density at radius 3 is 2.65 bits per heavy atom. The molecule has 1 amide bonds. The number of nitrogens with two attached hydrogens (primary N) is 1. The number of nitrogens with zero attached hydrogens (tertiary/aromatic N) is 1. The van der Waals surface area contributed by atoms with Crippen LogP contribution in [0, 0.1) is 5.41 Å². The predicted octanol–water partition coefficient (Wildman–Crippen LogP) is 1.41. The zero-order chi connectivity index (χ0) is 13.5. The molecule has 0 spiro atoms. The highest BCUT2D eigenvalue weighted by Gasteiger charge is 2.36. The zero-order valence-electron chi connectivity index (χ0n) is 11.0. The van der Waals surface area contributed by atoms with Gasteiger partial charge >= 0.3 is 0 Å². The van der Waals surface area contributed by atoms with Gasteiger partial charge in [-0.05, 0) is 38.7 Å². The van der Waals surface area contributed by atoms with Crippen molar-refractivity contribution in [2.45, 2.75) is 39.7 Å². The molecule has 0 aliphatic carbocycles. The van der Waals surface area contributed by atoms with Gasteiger partial charge in [-0.15, -0.1) is 0 Å². The summed E-state index contributed by atoms with van der Waals surface area (Å²) in [4.78, 5) is 12.1. The van der Waals surface area contributed by atoms with Crippen LogP contribution in [0.25, 0.3) is 0 Å². The maximum atomic E-state index is 12.1. The van der Waals surface area contributed by atoms with Crippen molar-refractivity contribution in [2.24, 2.45) is 16.3 Å². The van der Waals surface area contributed by atoms with E-state index in [1.807, 2.05) is 20.1 Å². The second kappa shape index (κ2) is 7.42. The van der Waals surface area contributed by atoms with Crippen molar-refractivity contribution in [3.8, 4) is 0 Å². The minimum atomic E-state index is -0.942. The molecule has 0 aromatic rings. The average Bonchev–Trinajstić information content (AvgIpc) is 2.33. The van der Waals surface area contributed by atoms with Gasteiger partial charge < -0.3 is 16.3 Å². The number of carbonyl (C=O) groups is 1. The highest BCUT2D eigenvalue weighted by molar-refractivity contribution is 7.98. The van der Waals surface area contributed by atoms with Gasteiger partial charge in [-0.2, -0.15) is 11.8 Å². The van der Waals surface area contributed by atoms with Gasteiger partial charge in [0.1, 0.15) is 5.41 Å². The van der Waals surface area contributed by atoms with Crippen LogP contribution in [0.5, 0.6) is 0 Å². The molecule has 0 rings (SSSR count). The first kappa shape index (κ1) is 16.1. The first-order valence-electron chi connectivity index (χ1n) is 5.70. The van der Waals surface area contributed by atoms with Crippen LogP contribution in [0.3, 0.4) is 0 Å². The predicted molar refractivity (Wildman–Crippen MR) is 72.4 cm³/mol. The minimum Gasteiger partial charge on any atom is -0.409 e. The molecule has 0 radical (unpaired) electrons. The average molecular weight is 261 g/mol. The van der Waals surface area contributed by atoms with E-state index in [1.54, 1.807) is 18.7 Å². The van der Waals surface area contributed by atoms with Gasteiger partial charge in [0.25, 0.3) is 0 Å². The maximum Gasteiger partial charge on any atom is 0.233 e. The lowest BCUT2D eigenvalue weighted by Crippen LogP contribution is -2.50. The molecule has 0 aromatic heterocycles. The van der Waals surface area contributed by atoms with Gasteiger partial charge in [0.15, 0.2) is 5.84 Å². The van der Waals surface area contributed by atoms with E-state index in [9.17, 15) is 4.79 Å². The van der Waals surface area contributed by atoms with Crippen LogP contribution in [0.2, 0.25) is 0 Å². The van der Waals surface area contributed by atoms with Crippen LogP contribution in [0.1, 0.15) is 33.6 Å². The summed E-state index contributed by atoms with van der Waals surface area (Å²) in [5.74, 6) is 0.756. The number of hydrogen-bond acceptors (Lipinski definition) is 4. The molecule has 0 heterocycles. The lowest BCUT2D eigenvalue weighted by Gasteiger charge is -2.27. The van der Waals surface area contributed by atoms with Gasteiger partial charge in [0.2, 0.25) is 5.91 Å². The summed E-state index contributed by atoms with van der Waals surface area (Å²) in [5.41, 5.74) is 4.63. The number of hydrogen-bond donors (Lipinski definition) is 3. The van der Waals surface area contributed by atoms with Crippen LogP contribution in [-0.2, 0) is 4.79 Å². The van der Waals surface area contributed by atoms with Gasteiger partial charge in [-0.3, -0.25) is 4.79 Å². The van der Waals surface area contributed by atoms with Crippen LogP contribution < -0.4 is 11.1 Å². The summed E-state index contributed by atoms with van der Waals surface area (Å²) < 4.78 is 0. The number of thioether (sulfide) groups is 1. The number of amidine groups is 1. The quantitative estimate of drug-likeness (QED) is 0.280. The normalized spacial score (nSPS) is 17.3. The van der Waals surface area contributed by atoms with Crippen molar-refractivity contribution in [2.75, 3.05) is 12.0 Å². The summed E-state index contributed by atoms with van der Waals surface area (Å²) in [5, 5.41) is 14.6. The lowest BCUT2D eigenvalue weighted by atomic mass is 9.85. The monoisotopic (exact) mass is 261 g/mol. The molecule has 0 fully saturated rings. The highest BCUT2D eigenvalue weighted by atomic mass is 32.2.